The molecule has 0 saturated heterocycles. The van der Waals surface area contributed by atoms with Gasteiger partial charge in [-0.1, -0.05) is 23.7 Å². The monoisotopic (exact) mass is 438 g/mol. The number of amides is 3. The molecule has 8 heteroatoms. The van der Waals surface area contributed by atoms with Gasteiger partial charge in [-0.25, -0.2) is 5.01 Å². The first-order valence-corrected chi connectivity index (χ1v) is 10.6. The highest BCUT2D eigenvalue weighted by molar-refractivity contribution is 6.44. The van der Waals surface area contributed by atoms with Crippen LogP contribution in [0.25, 0.3) is 0 Å². The van der Waals surface area contributed by atoms with Crippen molar-refractivity contribution in [3.05, 3.63) is 58.1 Å². The van der Waals surface area contributed by atoms with E-state index in [4.69, 9.17) is 11.6 Å². The van der Waals surface area contributed by atoms with Crippen molar-refractivity contribution in [3.63, 3.8) is 0 Å². The molecule has 0 spiro atoms. The molecule has 0 radical (unpaired) electrons. The van der Waals surface area contributed by atoms with Crippen LogP contribution >= 0.6 is 11.6 Å². The van der Waals surface area contributed by atoms with Crippen LogP contribution in [0.3, 0.4) is 0 Å². The molecule has 2 aromatic rings. The predicted molar refractivity (Wildman–Crippen MR) is 121 cm³/mol. The van der Waals surface area contributed by atoms with E-state index in [-0.39, 0.29) is 41.4 Å². The summed E-state index contributed by atoms with van der Waals surface area (Å²) in [5.74, 6) is -0.780. The topological polar surface area (TPSA) is 90.9 Å². The number of nitrogens with one attached hydrogen (secondary N) is 2. The number of aryl methyl sites for hydroxylation is 2. The fourth-order valence-corrected chi connectivity index (χ4v) is 3.59. The molecule has 160 valence electrons. The Morgan fingerprint density at radius 1 is 1.06 bits per heavy atom. The maximum atomic E-state index is 12.8. The average Bonchev–Trinajstić information content (AvgIpc) is 3.54. The van der Waals surface area contributed by atoms with Gasteiger partial charge in [-0.15, -0.1) is 0 Å². The summed E-state index contributed by atoms with van der Waals surface area (Å²) in [6.07, 6.45) is 2.42. The van der Waals surface area contributed by atoms with Crippen molar-refractivity contribution in [1.82, 2.24) is 5.32 Å². The molecular weight excluding hydrogens is 416 g/mol. The summed E-state index contributed by atoms with van der Waals surface area (Å²) in [4.78, 5) is 37.4. The lowest BCUT2D eigenvalue weighted by Crippen LogP contribution is -2.36. The summed E-state index contributed by atoms with van der Waals surface area (Å²) >= 11 is 6.26. The summed E-state index contributed by atoms with van der Waals surface area (Å²) in [5, 5.41) is 11.5. The minimum Gasteiger partial charge on any atom is -0.349 e. The zero-order valence-electron chi connectivity index (χ0n) is 17.4. The lowest BCUT2D eigenvalue weighted by molar-refractivity contribution is -0.118. The van der Waals surface area contributed by atoms with Crippen LogP contribution < -0.4 is 15.6 Å². The molecular formula is C23H23ClN4O3. The minimum absolute atomic E-state index is 0.153. The van der Waals surface area contributed by atoms with Crippen LogP contribution in [0.5, 0.6) is 0 Å². The predicted octanol–water partition coefficient (Wildman–Crippen LogP) is 3.97. The minimum atomic E-state index is -0.408. The molecule has 1 heterocycles. The van der Waals surface area contributed by atoms with Gasteiger partial charge in [-0.3, -0.25) is 14.4 Å². The summed E-state index contributed by atoms with van der Waals surface area (Å²) in [7, 11) is 0. The standard InChI is InChI=1S/C23H23ClN4O3/c1-13-3-4-14(2)20(11-13)28-21(29)10-9-19(27-28)23(31)26-16-7-8-17(18(24)12-16)22(30)25-15-5-6-15/h3-4,7-8,11-12,15H,5-6,9-10H2,1-2H3,(H,25,30)(H,26,31). The van der Waals surface area contributed by atoms with Crippen LogP contribution in [0.2, 0.25) is 5.02 Å². The quantitative estimate of drug-likeness (QED) is 0.739. The molecule has 0 unspecified atom stereocenters. The first-order valence-electron chi connectivity index (χ1n) is 10.2. The zero-order valence-corrected chi connectivity index (χ0v) is 18.1. The van der Waals surface area contributed by atoms with E-state index in [1.165, 1.54) is 11.1 Å². The molecule has 0 atom stereocenters. The first-order chi connectivity index (χ1) is 14.8. The number of carbonyl (C=O) groups is 3. The summed E-state index contributed by atoms with van der Waals surface area (Å²) in [5.41, 5.74) is 3.65. The van der Waals surface area contributed by atoms with Crippen LogP contribution in [-0.4, -0.2) is 29.5 Å². The van der Waals surface area contributed by atoms with Crippen LogP contribution in [0.4, 0.5) is 11.4 Å². The Morgan fingerprint density at radius 3 is 2.55 bits per heavy atom. The number of hydrogen-bond acceptors (Lipinski definition) is 4. The number of carbonyl (C=O) groups excluding carboxylic acids is 3. The highest BCUT2D eigenvalue weighted by Crippen LogP contribution is 2.27. The summed E-state index contributed by atoms with van der Waals surface area (Å²) in [6.45, 7) is 3.84. The van der Waals surface area contributed by atoms with E-state index in [2.05, 4.69) is 15.7 Å². The van der Waals surface area contributed by atoms with E-state index in [0.717, 1.165) is 24.0 Å². The third kappa shape index (κ3) is 4.77. The SMILES string of the molecule is Cc1ccc(C)c(N2N=C(C(=O)Nc3ccc(C(=O)NC4CC4)c(Cl)c3)CCC2=O)c1. The number of benzene rings is 2. The molecule has 2 N–H and O–H groups in total. The van der Waals surface area contributed by atoms with Crippen LogP contribution in [0.15, 0.2) is 41.5 Å². The van der Waals surface area contributed by atoms with E-state index in [1.54, 1.807) is 12.1 Å². The molecule has 2 aromatic carbocycles. The molecule has 1 saturated carbocycles. The van der Waals surface area contributed by atoms with E-state index < -0.39 is 5.91 Å². The number of anilines is 2. The van der Waals surface area contributed by atoms with Gasteiger partial charge in [0, 0.05) is 24.6 Å². The maximum Gasteiger partial charge on any atom is 0.271 e. The highest BCUT2D eigenvalue weighted by Gasteiger charge is 2.27. The molecule has 1 aliphatic heterocycles. The van der Waals surface area contributed by atoms with Gasteiger partial charge in [0.15, 0.2) is 0 Å². The Bertz CT molecular complexity index is 1110. The van der Waals surface area contributed by atoms with E-state index in [1.807, 2.05) is 32.0 Å². The normalized spacial score (nSPS) is 16.0. The molecule has 2 aliphatic rings. The Hall–Kier alpha value is -3.19. The van der Waals surface area contributed by atoms with E-state index >= 15 is 0 Å². The van der Waals surface area contributed by atoms with Gasteiger partial charge in [-0.2, -0.15) is 5.10 Å². The zero-order chi connectivity index (χ0) is 22.1. The van der Waals surface area contributed by atoms with Crippen molar-refractivity contribution >= 4 is 46.4 Å². The number of rotatable bonds is 5. The summed E-state index contributed by atoms with van der Waals surface area (Å²) < 4.78 is 0. The third-order valence-corrected chi connectivity index (χ3v) is 5.58. The van der Waals surface area contributed by atoms with Crippen molar-refractivity contribution in [2.45, 2.75) is 45.6 Å². The first kappa shape index (κ1) is 21.1. The Balaban J connectivity index is 1.51. The second kappa shape index (κ2) is 8.51. The number of hydrogen-bond donors (Lipinski definition) is 2. The lowest BCUT2D eigenvalue weighted by Gasteiger charge is -2.24. The van der Waals surface area contributed by atoms with Gasteiger partial charge in [-0.05, 0) is 62.1 Å². The van der Waals surface area contributed by atoms with Crippen molar-refractivity contribution in [2.75, 3.05) is 10.3 Å². The van der Waals surface area contributed by atoms with Gasteiger partial charge in [0.05, 0.1) is 16.3 Å². The van der Waals surface area contributed by atoms with Gasteiger partial charge in [0.2, 0.25) is 5.91 Å². The lowest BCUT2D eigenvalue weighted by atomic mass is 10.1. The maximum absolute atomic E-state index is 12.8. The van der Waals surface area contributed by atoms with E-state index in [9.17, 15) is 14.4 Å². The van der Waals surface area contributed by atoms with Gasteiger partial charge >= 0.3 is 0 Å². The summed E-state index contributed by atoms with van der Waals surface area (Å²) in [6, 6.07) is 10.7. The van der Waals surface area contributed by atoms with Gasteiger partial charge in [0.25, 0.3) is 11.8 Å². The number of hydrazone groups is 1. The molecule has 1 aliphatic carbocycles. The Kier molecular flexibility index (Phi) is 5.78. The second-order valence-corrected chi connectivity index (χ2v) is 8.35. The molecule has 0 bridgehead atoms. The third-order valence-electron chi connectivity index (χ3n) is 5.27. The molecule has 1 fully saturated rings. The van der Waals surface area contributed by atoms with E-state index in [0.29, 0.717) is 16.9 Å². The Labute approximate surface area is 185 Å². The van der Waals surface area contributed by atoms with Crippen molar-refractivity contribution < 1.29 is 14.4 Å². The largest absolute Gasteiger partial charge is 0.349 e. The van der Waals surface area contributed by atoms with Crippen LogP contribution in [0.1, 0.15) is 47.2 Å². The average molecular weight is 439 g/mol. The van der Waals surface area contributed by atoms with Gasteiger partial charge in [0.1, 0.15) is 5.71 Å². The van der Waals surface area contributed by atoms with Crippen molar-refractivity contribution in [3.8, 4) is 0 Å². The number of nitrogens with zero attached hydrogens (tertiary/aromatic N) is 2. The molecule has 3 amide bonds. The second-order valence-electron chi connectivity index (χ2n) is 7.94. The number of halogens is 1. The van der Waals surface area contributed by atoms with Crippen LogP contribution in [-0.2, 0) is 9.59 Å². The van der Waals surface area contributed by atoms with Crippen molar-refractivity contribution in [2.24, 2.45) is 5.10 Å². The molecule has 0 aromatic heterocycles. The molecule has 7 nitrogen and oxygen atoms in total. The fraction of sp³-hybridized carbons (Fsp3) is 0.304. The molecule has 31 heavy (non-hydrogen) atoms. The van der Waals surface area contributed by atoms with Gasteiger partial charge < -0.3 is 10.6 Å². The molecule has 4 rings (SSSR count). The van der Waals surface area contributed by atoms with Crippen molar-refractivity contribution in [1.29, 1.82) is 0 Å². The smallest absolute Gasteiger partial charge is 0.271 e. The van der Waals surface area contributed by atoms with Crippen LogP contribution in [0, 0.1) is 13.8 Å². The fourth-order valence-electron chi connectivity index (χ4n) is 3.32. The Morgan fingerprint density at radius 2 is 1.84 bits per heavy atom. The highest BCUT2D eigenvalue weighted by atomic mass is 35.5.